The molecule has 0 saturated heterocycles. The van der Waals surface area contributed by atoms with Crippen LogP contribution in [-0.4, -0.2) is 38.1 Å². The Labute approximate surface area is 114 Å². The van der Waals surface area contributed by atoms with Gasteiger partial charge in [-0.2, -0.15) is 0 Å². The van der Waals surface area contributed by atoms with Crippen LogP contribution in [0.3, 0.4) is 0 Å². The van der Waals surface area contributed by atoms with Crippen molar-refractivity contribution in [1.82, 2.24) is 10.2 Å². The van der Waals surface area contributed by atoms with E-state index in [1.165, 1.54) is 0 Å². The van der Waals surface area contributed by atoms with Crippen LogP contribution in [0.15, 0.2) is 18.2 Å². The van der Waals surface area contributed by atoms with Gasteiger partial charge in [0.25, 0.3) is 0 Å². The third kappa shape index (κ3) is 4.54. The van der Waals surface area contributed by atoms with Gasteiger partial charge >= 0.3 is 0 Å². The average Bonchev–Trinajstić information content (AvgIpc) is 2.45. The van der Waals surface area contributed by atoms with Gasteiger partial charge in [0.2, 0.25) is 5.91 Å². The summed E-state index contributed by atoms with van der Waals surface area (Å²) in [4.78, 5) is 13.5. The minimum absolute atomic E-state index is 0.0226. The van der Waals surface area contributed by atoms with E-state index in [0.29, 0.717) is 13.1 Å². The largest absolute Gasteiger partial charge is 0.496 e. The average molecular weight is 265 g/mol. The van der Waals surface area contributed by atoms with Gasteiger partial charge in [0.1, 0.15) is 5.75 Å². The minimum Gasteiger partial charge on any atom is -0.496 e. The number of nitrogens with two attached hydrogens (primary N) is 1. The van der Waals surface area contributed by atoms with Gasteiger partial charge in [0, 0.05) is 25.7 Å². The Morgan fingerprint density at radius 2 is 2.21 bits per heavy atom. The van der Waals surface area contributed by atoms with E-state index in [9.17, 15) is 4.79 Å². The number of nitrogens with one attached hydrogen (secondary N) is 1. The Morgan fingerprint density at radius 1 is 1.47 bits per heavy atom. The molecule has 19 heavy (non-hydrogen) atoms. The molecule has 0 saturated carbocycles. The molecular formula is C14H23N3O2. The van der Waals surface area contributed by atoms with Gasteiger partial charge in [-0.15, -0.1) is 0 Å². The Balaban J connectivity index is 2.77. The van der Waals surface area contributed by atoms with Gasteiger partial charge in [-0.3, -0.25) is 9.69 Å². The molecule has 0 aromatic heterocycles. The molecule has 5 heteroatoms. The zero-order chi connectivity index (χ0) is 14.3. The lowest BCUT2D eigenvalue weighted by atomic mass is 10.1. The van der Waals surface area contributed by atoms with E-state index >= 15 is 0 Å². The molecule has 1 amide bonds. The van der Waals surface area contributed by atoms with Crippen molar-refractivity contribution in [2.75, 3.05) is 27.2 Å². The maximum absolute atomic E-state index is 11.4. The third-order valence-corrected chi connectivity index (χ3v) is 3.06. The first kappa shape index (κ1) is 15.5. The number of benzene rings is 1. The molecule has 0 fully saturated rings. The van der Waals surface area contributed by atoms with E-state index < -0.39 is 0 Å². The molecule has 0 aliphatic rings. The molecule has 0 aliphatic heterocycles. The highest BCUT2D eigenvalue weighted by atomic mass is 16.5. The lowest BCUT2D eigenvalue weighted by Crippen LogP contribution is -2.35. The highest BCUT2D eigenvalue weighted by Gasteiger charge is 2.10. The zero-order valence-corrected chi connectivity index (χ0v) is 11.9. The number of ether oxygens (including phenoxy) is 1. The fraction of sp³-hybridized carbons (Fsp3) is 0.500. The van der Waals surface area contributed by atoms with Gasteiger partial charge in [0.05, 0.1) is 13.7 Å². The minimum atomic E-state index is 0.0226. The Morgan fingerprint density at radius 3 is 2.74 bits per heavy atom. The summed E-state index contributed by atoms with van der Waals surface area (Å²) >= 11 is 0. The molecule has 0 heterocycles. The number of carbonyl (C=O) groups is 1. The van der Waals surface area contributed by atoms with Gasteiger partial charge in [-0.1, -0.05) is 13.0 Å². The monoisotopic (exact) mass is 265 g/mol. The lowest BCUT2D eigenvalue weighted by Gasteiger charge is -2.20. The molecule has 0 aliphatic carbocycles. The van der Waals surface area contributed by atoms with Gasteiger partial charge in [0.15, 0.2) is 0 Å². The first-order valence-corrected chi connectivity index (χ1v) is 6.43. The fourth-order valence-corrected chi connectivity index (χ4v) is 1.91. The summed E-state index contributed by atoms with van der Waals surface area (Å²) in [6.45, 7) is 4.42. The molecule has 1 rings (SSSR count). The van der Waals surface area contributed by atoms with E-state index in [4.69, 9.17) is 10.5 Å². The van der Waals surface area contributed by atoms with Crippen LogP contribution in [0.5, 0.6) is 5.75 Å². The molecule has 0 radical (unpaired) electrons. The predicted octanol–water partition coefficient (Wildman–Crippen LogP) is 0.722. The Bertz CT molecular complexity index is 421. The number of carbonyl (C=O) groups excluding carboxylic acids is 1. The zero-order valence-electron chi connectivity index (χ0n) is 11.9. The van der Waals surface area contributed by atoms with Crippen molar-refractivity contribution in [3.63, 3.8) is 0 Å². The first-order valence-electron chi connectivity index (χ1n) is 6.43. The summed E-state index contributed by atoms with van der Waals surface area (Å²) in [7, 11) is 3.29. The smallest absolute Gasteiger partial charge is 0.233 e. The quantitative estimate of drug-likeness (QED) is 0.762. The number of hydrogen-bond acceptors (Lipinski definition) is 4. The van der Waals surface area contributed by atoms with Gasteiger partial charge in [-0.05, 0) is 24.2 Å². The second-order valence-corrected chi connectivity index (χ2v) is 4.33. The fourth-order valence-electron chi connectivity index (χ4n) is 1.91. The Hall–Kier alpha value is -1.59. The van der Waals surface area contributed by atoms with Crippen LogP contribution in [0.4, 0.5) is 0 Å². The summed E-state index contributed by atoms with van der Waals surface area (Å²) in [5.41, 5.74) is 7.82. The predicted molar refractivity (Wildman–Crippen MR) is 75.9 cm³/mol. The third-order valence-electron chi connectivity index (χ3n) is 3.06. The molecule has 0 unspecified atom stereocenters. The summed E-state index contributed by atoms with van der Waals surface area (Å²) in [5.74, 6) is 0.829. The van der Waals surface area contributed by atoms with E-state index in [2.05, 4.69) is 10.2 Å². The van der Waals surface area contributed by atoms with E-state index in [-0.39, 0.29) is 5.91 Å². The van der Waals surface area contributed by atoms with E-state index in [1.54, 1.807) is 14.2 Å². The molecule has 1 aromatic carbocycles. The van der Waals surface area contributed by atoms with Crippen molar-refractivity contribution in [2.24, 2.45) is 5.73 Å². The molecule has 0 bridgehead atoms. The molecule has 5 nitrogen and oxygen atoms in total. The summed E-state index contributed by atoms with van der Waals surface area (Å²) in [6.07, 6.45) is 0. The number of nitrogens with zero attached hydrogens (tertiary/aromatic N) is 1. The molecule has 0 atom stereocenters. The second-order valence-electron chi connectivity index (χ2n) is 4.33. The van der Waals surface area contributed by atoms with Crippen LogP contribution in [0.25, 0.3) is 0 Å². The van der Waals surface area contributed by atoms with Gasteiger partial charge in [-0.25, -0.2) is 0 Å². The molecular weight excluding hydrogens is 242 g/mol. The normalized spacial score (nSPS) is 10.6. The molecule has 1 aromatic rings. The Kier molecular flexibility index (Phi) is 6.32. The van der Waals surface area contributed by atoms with Crippen molar-refractivity contribution in [2.45, 2.75) is 20.0 Å². The first-order chi connectivity index (χ1) is 9.14. The van der Waals surface area contributed by atoms with Gasteiger partial charge < -0.3 is 15.8 Å². The van der Waals surface area contributed by atoms with Crippen LogP contribution in [0.2, 0.25) is 0 Å². The highest BCUT2D eigenvalue weighted by Crippen LogP contribution is 2.20. The molecule has 0 spiro atoms. The topological polar surface area (TPSA) is 67.6 Å². The van der Waals surface area contributed by atoms with Crippen molar-refractivity contribution in [3.8, 4) is 5.75 Å². The van der Waals surface area contributed by atoms with Crippen molar-refractivity contribution in [3.05, 3.63) is 29.3 Å². The van der Waals surface area contributed by atoms with Crippen LogP contribution in [-0.2, 0) is 17.9 Å². The maximum Gasteiger partial charge on any atom is 0.233 e. The number of rotatable bonds is 7. The van der Waals surface area contributed by atoms with Crippen LogP contribution < -0.4 is 15.8 Å². The molecule has 106 valence electrons. The van der Waals surface area contributed by atoms with Crippen LogP contribution in [0, 0.1) is 0 Å². The summed E-state index contributed by atoms with van der Waals surface area (Å²) in [6, 6.07) is 5.96. The van der Waals surface area contributed by atoms with E-state index in [1.807, 2.05) is 25.1 Å². The number of methoxy groups -OCH3 is 1. The lowest BCUT2D eigenvalue weighted by molar-refractivity contribution is -0.121. The summed E-state index contributed by atoms with van der Waals surface area (Å²) in [5, 5.41) is 2.64. The number of amides is 1. The summed E-state index contributed by atoms with van der Waals surface area (Å²) < 4.78 is 5.25. The highest BCUT2D eigenvalue weighted by molar-refractivity contribution is 5.77. The van der Waals surface area contributed by atoms with Crippen molar-refractivity contribution in [1.29, 1.82) is 0 Å². The molecule has 3 N–H and O–H groups in total. The number of likely N-dealkylation sites (N-methyl/N-ethyl adjacent to an activating group) is 2. The van der Waals surface area contributed by atoms with Crippen molar-refractivity contribution < 1.29 is 9.53 Å². The standard InChI is InChI=1S/C14H23N3O2/c1-4-17(10-14(18)16-2)9-11-5-6-13(19-3)12(7-11)8-15/h5-7H,4,8-10,15H2,1-3H3,(H,16,18). The van der Waals surface area contributed by atoms with Crippen molar-refractivity contribution >= 4 is 5.91 Å². The SMILES string of the molecule is CCN(CC(=O)NC)Cc1ccc(OC)c(CN)c1. The van der Waals surface area contributed by atoms with Crippen LogP contribution >= 0.6 is 0 Å². The second kappa shape index (κ2) is 7.76. The maximum atomic E-state index is 11.4. The van der Waals surface area contributed by atoms with Crippen LogP contribution in [0.1, 0.15) is 18.1 Å². The number of hydrogen-bond donors (Lipinski definition) is 2. The van der Waals surface area contributed by atoms with E-state index in [0.717, 1.165) is 30.0 Å².